The van der Waals surface area contributed by atoms with Crippen LogP contribution in [0.4, 0.5) is 5.69 Å². The maximum Gasteiger partial charge on any atom is 0.277 e. The van der Waals surface area contributed by atoms with Gasteiger partial charge in [-0.2, -0.15) is 0 Å². The molecule has 0 saturated heterocycles. The third kappa shape index (κ3) is 5.59. The number of aromatic nitrogens is 2. The Morgan fingerprint density at radius 3 is 2.75 bits per heavy atom. The van der Waals surface area contributed by atoms with Gasteiger partial charge in [-0.05, 0) is 61.7 Å². The molecule has 3 rings (SSSR count). The molecule has 1 aromatic heterocycles. The zero-order chi connectivity index (χ0) is 20.1. The van der Waals surface area contributed by atoms with Gasteiger partial charge in [-0.1, -0.05) is 39.8 Å². The highest BCUT2D eigenvalue weighted by atomic mass is 79.9. The molecule has 1 amide bonds. The van der Waals surface area contributed by atoms with Crippen molar-refractivity contribution in [1.29, 1.82) is 0 Å². The van der Waals surface area contributed by atoms with Crippen LogP contribution in [0.25, 0.3) is 0 Å². The van der Waals surface area contributed by atoms with E-state index < -0.39 is 0 Å². The first-order valence-corrected chi connectivity index (χ1v) is 10.4. The van der Waals surface area contributed by atoms with Gasteiger partial charge in [-0.15, -0.1) is 10.2 Å². The van der Waals surface area contributed by atoms with Gasteiger partial charge in [0.15, 0.2) is 6.61 Å². The van der Waals surface area contributed by atoms with Crippen molar-refractivity contribution in [2.45, 2.75) is 32.6 Å². The number of thioether (sulfide) groups is 1. The van der Waals surface area contributed by atoms with E-state index in [0.717, 1.165) is 32.6 Å². The number of carbonyl (C=O) groups is 1. The van der Waals surface area contributed by atoms with Gasteiger partial charge in [0.1, 0.15) is 5.75 Å². The van der Waals surface area contributed by atoms with E-state index in [1.54, 1.807) is 0 Å². The highest BCUT2D eigenvalue weighted by molar-refractivity contribution is 9.10. The summed E-state index contributed by atoms with van der Waals surface area (Å²) in [4.78, 5) is 12.1. The molecule has 0 radical (unpaired) electrons. The Kier molecular flexibility index (Phi) is 6.74. The lowest BCUT2D eigenvalue weighted by Crippen LogP contribution is -2.14. The van der Waals surface area contributed by atoms with Crippen LogP contribution < -0.4 is 10.1 Å². The summed E-state index contributed by atoms with van der Waals surface area (Å²) in [6.45, 7) is 6.14. The molecule has 28 heavy (non-hydrogen) atoms. The van der Waals surface area contributed by atoms with Crippen molar-refractivity contribution >= 4 is 39.3 Å². The van der Waals surface area contributed by atoms with Crippen LogP contribution in [0.5, 0.6) is 5.75 Å². The first kappa shape index (κ1) is 20.4. The molecule has 1 heterocycles. The Morgan fingerprint density at radius 2 is 1.96 bits per heavy atom. The van der Waals surface area contributed by atoms with E-state index in [1.807, 2.05) is 57.2 Å². The highest BCUT2D eigenvalue weighted by Crippen LogP contribution is 2.23. The summed E-state index contributed by atoms with van der Waals surface area (Å²) in [5.41, 5.74) is 3.96. The molecule has 0 atom stereocenters. The number of nitrogens with zero attached hydrogens (tertiary/aromatic N) is 2. The molecule has 1 N–H and O–H groups in total. The van der Waals surface area contributed by atoms with Crippen LogP contribution in [0.1, 0.15) is 22.6 Å². The van der Waals surface area contributed by atoms with Crippen molar-refractivity contribution in [3.8, 4) is 5.75 Å². The molecule has 0 unspecified atom stereocenters. The molecular formula is C20H20BrN3O3S. The van der Waals surface area contributed by atoms with Crippen molar-refractivity contribution in [3.63, 3.8) is 0 Å². The van der Waals surface area contributed by atoms with Crippen molar-refractivity contribution in [3.05, 3.63) is 63.5 Å². The van der Waals surface area contributed by atoms with Crippen LogP contribution in [-0.4, -0.2) is 21.9 Å². The fourth-order valence-electron chi connectivity index (χ4n) is 2.40. The van der Waals surface area contributed by atoms with Gasteiger partial charge in [0.25, 0.3) is 11.1 Å². The van der Waals surface area contributed by atoms with Crippen LogP contribution in [0.3, 0.4) is 0 Å². The standard InChI is InChI=1S/C20H20BrN3O3S/c1-12-4-5-13(2)17(8-12)26-10-19-23-24-20(27-19)28-11-18(25)22-15-6-7-16(21)14(3)9-15/h4-9H,10-11H2,1-3H3,(H,22,25). The maximum atomic E-state index is 12.1. The number of aryl methyl sites for hydroxylation is 3. The molecule has 0 fully saturated rings. The van der Waals surface area contributed by atoms with E-state index >= 15 is 0 Å². The number of nitrogens with one attached hydrogen (secondary N) is 1. The van der Waals surface area contributed by atoms with Crippen molar-refractivity contribution < 1.29 is 13.9 Å². The molecule has 2 aromatic carbocycles. The van der Waals surface area contributed by atoms with E-state index in [-0.39, 0.29) is 18.3 Å². The Bertz CT molecular complexity index is 991. The molecule has 0 aliphatic rings. The van der Waals surface area contributed by atoms with Crippen molar-refractivity contribution in [2.24, 2.45) is 0 Å². The molecule has 0 aliphatic heterocycles. The number of hydrogen-bond acceptors (Lipinski definition) is 6. The Hall–Kier alpha value is -2.32. The zero-order valence-corrected chi connectivity index (χ0v) is 18.2. The average Bonchev–Trinajstić information content (AvgIpc) is 3.12. The summed E-state index contributed by atoms with van der Waals surface area (Å²) in [6, 6.07) is 11.7. The van der Waals surface area contributed by atoms with Gasteiger partial charge in [0.05, 0.1) is 5.75 Å². The topological polar surface area (TPSA) is 77.2 Å². The minimum absolute atomic E-state index is 0.141. The van der Waals surface area contributed by atoms with E-state index in [9.17, 15) is 4.79 Å². The number of carbonyl (C=O) groups excluding carboxylic acids is 1. The van der Waals surface area contributed by atoms with Crippen LogP contribution in [0, 0.1) is 20.8 Å². The predicted octanol–water partition coefficient (Wildman–Crippen LogP) is 5.07. The Morgan fingerprint density at radius 1 is 1.14 bits per heavy atom. The quantitative estimate of drug-likeness (QED) is 0.495. The fourth-order valence-corrected chi connectivity index (χ4v) is 3.23. The van der Waals surface area contributed by atoms with Crippen LogP contribution in [-0.2, 0) is 11.4 Å². The monoisotopic (exact) mass is 461 g/mol. The smallest absolute Gasteiger partial charge is 0.277 e. The second-order valence-corrected chi connectivity index (χ2v) is 8.10. The molecular weight excluding hydrogens is 442 g/mol. The lowest BCUT2D eigenvalue weighted by Gasteiger charge is -2.07. The number of halogens is 1. The second kappa shape index (κ2) is 9.25. The molecule has 0 spiro atoms. The first-order valence-electron chi connectivity index (χ1n) is 8.62. The van der Waals surface area contributed by atoms with Crippen LogP contribution in [0.2, 0.25) is 0 Å². The summed E-state index contributed by atoms with van der Waals surface area (Å²) in [5, 5.41) is 11.1. The van der Waals surface area contributed by atoms with E-state index in [0.29, 0.717) is 11.1 Å². The number of benzene rings is 2. The fraction of sp³-hybridized carbons (Fsp3) is 0.250. The number of amides is 1. The Labute approximate surface area is 176 Å². The number of hydrogen-bond donors (Lipinski definition) is 1. The summed E-state index contributed by atoms with van der Waals surface area (Å²) < 4.78 is 12.3. The summed E-state index contributed by atoms with van der Waals surface area (Å²) in [6.07, 6.45) is 0. The lowest BCUT2D eigenvalue weighted by atomic mass is 10.1. The maximum absolute atomic E-state index is 12.1. The summed E-state index contributed by atoms with van der Waals surface area (Å²) in [5.74, 6) is 1.19. The molecule has 0 aliphatic carbocycles. The third-order valence-corrected chi connectivity index (χ3v) is 5.62. The normalized spacial score (nSPS) is 10.7. The van der Waals surface area contributed by atoms with Gasteiger partial charge < -0.3 is 14.5 Å². The largest absolute Gasteiger partial charge is 0.484 e. The number of rotatable bonds is 7. The molecule has 6 nitrogen and oxygen atoms in total. The second-order valence-electron chi connectivity index (χ2n) is 6.32. The van der Waals surface area contributed by atoms with Crippen molar-refractivity contribution in [2.75, 3.05) is 11.1 Å². The molecule has 3 aromatic rings. The van der Waals surface area contributed by atoms with Gasteiger partial charge in [0.2, 0.25) is 5.91 Å². The number of anilines is 1. The van der Waals surface area contributed by atoms with Gasteiger partial charge >= 0.3 is 0 Å². The van der Waals surface area contributed by atoms with E-state index in [2.05, 4.69) is 31.4 Å². The minimum Gasteiger partial charge on any atom is -0.484 e. The molecule has 146 valence electrons. The molecule has 0 bridgehead atoms. The van der Waals surface area contributed by atoms with Gasteiger partial charge in [-0.25, -0.2) is 0 Å². The molecule has 0 saturated carbocycles. The van der Waals surface area contributed by atoms with Crippen LogP contribution >= 0.6 is 27.7 Å². The van der Waals surface area contributed by atoms with Gasteiger partial charge in [0, 0.05) is 10.2 Å². The van der Waals surface area contributed by atoms with E-state index in [4.69, 9.17) is 9.15 Å². The lowest BCUT2D eigenvalue weighted by molar-refractivity contribution is -0.113. The summed E-state index contributed by atoms with van der Waals surface area (Å²) >= 11 is 4.63. The van der Waals surface area contributed by atoms with Crippen molar-refractivity contribution in [1.82, 2.24) is 10.2 Å². The zero-order valence-electron chi connectivity index (χ0n) is 15.8. The average molecular weight is 462 g/mol. The first-order chi connectivity index (χ1) is 13.4. The minimum atomic E-state index is -0.141. The van der Waals surface area contributed by atoms with E-state index in [1.165, 1.54) is 11.8 Å². The highest BCUT2D eigenvalue weighted by Gasteiger charge is 2.11. The third-order valence-electron chi connectivity index (χ3n) is 3.91. The summed E-state index contributed by atoms with van der Waals surface area (Å²) in [7, 11) is 0. The SMILES string of the molecule is Cc1ccc(C)c(OCc2nnc(SCC(=O)Nc3ccc(Br)c(C)c3)o2)c1. The van der Waals surface area contributed by atoms with Crippen LogP contribution in [0.15, 0.2) is 50.5 Å². The van der Waals surface area contributed by atoms with Gasteiger partial charge in [-0.3, -0.25) is 4.79 Å². The molecule has 8 heteroatoms. The predicted molar refractivity (Wildman–Crippen MR) is 113 cm³/mol. The number of ether oxygens (including phenoxy) is 1. The Balaban J connectivity index is 1.49.